The highest BCUT2D eigenvalue weighted by Crippen LogP contribution is 2.31. The number of nitrogens with zero attached hydrogens (tertiary/aromatic N) is 4. The third-order valence-electron chi connectivity index (χ3n) is 6.42. The Hall–Kier alpha value is -3.92. The van der Waals surface area contributed by atoms with E-state index in [9.17, 15) is 9.90 Å². The van der Waals surface area contributed by atoms with Gasteiger partial charge in [0.25, 0.3) is 0 Å². The Bertz CT molecular complexity index is 1410. The lowest BCUT2D eigenvalue weighted by atomic mass is 10.1. The molecular weight excluding hydrogens is 472 g/mol. The van der Waals surface area contributed by atoms with E-state index in [1.807, 2.05) is 42.5 Å². The minimum Gasteiger partial charge on any atom is -0.497 e. The third kappa shape index (κ3) is 5.43. The van der Waals surface area contributed by atoms with Gasteiger partial charge in [-0.3, -0.25) is 4.79 Å². The first kappa shape index (κ1) is 24.8. The van der Waals surface area contributed by atoms with Gasteiger partial charge in [0.15, 0.2) is 11.5 Å². The number of para-hydroxylation sites is 1. The number of benzene rings is 2. The molecule has 1 saturated heterocycles. The van der Waals surface area contributed by atoms with Crippen molar-refractivity contribution in [2.24, 2.45) is 0 Å². The molecule has 0 radical (unpaired) electrons. The number of aliphatic hydroxyl groups is 1. The molecule has 1 aliphatic heterocycles. The lowest BCUT2D eigenvalue weighted by Gasteiger charge is -2.19. The molecule has 1 amide bonds. The highest BCUT2D eigenvalue weighted by molar-refractivity contribution is 5.96. The van der Waals surface area contributed by atoms with E-state index in [4.69, 9.17) is 24.5 Å². The van der Waals surface area contributed by atoms with Crippen LogP contribution in [0.25, 0.3) is 27.9 Å². The number of aromatic nitrogens is 4. The molecule has 10 heteroatoms. The Kier molecular flexibility index (Phi) is 6.84. The highest BCUT2D eigenvalue weighted by Gasteiger charge is 2.24. The molecule has 37 heavy (non-hydrogen) atoms. The van der Waals surface area contributed by atoms with Gasteiger partial charge in [-0.2, -0.15) is 4.52 Å². The number of ether oxygens (including phenoxy) is 2. The van der Waals surface area contributed by atoms with Crippen LogP contribution in [0.4, 0.5) is 5.95 Å². The smallest absolute Gasteiger partial charge is 0.242 e. The molecule has 1 fully saturated rings. The van der Waals surface area contributed by atoms with Crippen molar-refractivity contribution in [1.82, 2.24) is 24.9 Å². The van der Waals surface area contributed by atoms with Gasteiger partial charge < -0.3 is 25.2 Å². The number of hydrogen-bond donors (Lipinski definition) is 3. The van der Waals surface area contributed by atoms with E-state index in [1.54, 1.807) is 25.5 Å². The number of nitrogens with one attached hydrogen (secondary N) is 2. The molecule has 3 heterocycles. The van der Waals surface area contributed by atoms with E-state index in [0.717, 1.165) is 29.5 Å². The van der Waals surface area contributed by atoms with Crippen LogP contribution in [-0.2, 0) is 4.79 Å². The molecule has 194 valence electrons. The molecule has 0 bridgehead atoms. The van der Waals surface area contributed by atoms with Crippen molar-refractivity contribution in [2.45, 2.75) is 51.2 Å². The molecule has 2 aromatic carbocycles. The first-order chi connectivity index (χ1) is 17.8. The Labute approximate surface area is 215 Å². The van der Waals surface area contributed by atoms with Crippen molar-refractivity contribution in [2.75, 3.05) is 25.6 Å². The summed E-state index contributed by atoms with van der Waals surface area (Å²) in [5, 5.41) is 21.9. The third-order valence-corrected chi connectivity index (χ3v) is 6.42. The molecule has 10 nitrogen and oxygen atoms in total. The zero-order valence-electron chi connectivity index (χ0n) is 21.3. The van der Waals surface area contributed by atoms with Crippen molar-refractivity contribution in [3.8, 4) is 22.9 Å². The zero-order valence-corrected chi connectivity index (χ0v) is 21.3. The van der Waals surface area contributed by atoms with Crippen LogP contribution in [0.5, 0.6) is 11.5 Å². The van der Waals surface area contributed by atoms with E-state index in [-0.39, 0.29) is 5.91 Å². The second kappa shape index (κ2) is 10.2. The van der Waals surface area contributed by atoms with Crippen LogP contribution in [0.3, 0.4) is 0 Å². The van der Waals surface area contributed by atoms with E-state index in [2.05, 4.69) is 10.6 Å². The van der Waals surface area contributed by atoms with Crippen molar-refractivity contribution in [3.63, 3.8) is 0 Å². The van der Waals surface area contributed by atoms with Crippen LogP contribution in [-0.4, -0.2) is 62.5 Å². The zero-order chi connectivity index (χ0) is 26.0. The van der Waals surface area contributed by atoms with Gasteiger partial charge in [-0.05, 0) is 69.5 Å². The molecule has 5 rings (SSSR count). The summed E-state index contributed by atoms with van der Waals surface area (Å²) in [6.07, 6.45) is 3.02. The first-order valence-corrected chi connectivity index (χ1v) is 12.6. The summed E-state index contributed by atoms with van der Waals surface area (Å²) < 4.78 is 13.0. The Morgan fingerprint density at radius 1 is 1.16 bits per heavy atom. The Morgan fingerprint density at radius 2 is 1.97 bits per heavy atom. The van der Waals surface area contributed by atoms with Crippen LogP contribution >= 0.6 is 0 Å². The second-order valence-electron chi connectivity index (χ2n) is 9.88. The van der Waals surface area contributed by atoms with Gasteiger partial charge in [-0.1, -0.05) is 6.07 Å². The van der Waals surface area contributed by atoms with Gasteiger partial charge in [-0.15, -0.1) is 5.10 Å². The molecule has 3 N–H and O–H groups in total. The summed E-state index contributed by atoms with van der Waals surface area (Å²) in [6.45, 7) is 4.49. The fourth-order valence-corrected chi connectivity index (χ4v) is 4.32. The molecule has 1 aliphatic rings. The monoisotopic (exact) mass is 504 g/mol. The van der Waals surface area contributed by atoms with Gasteiger partial charge in [0, 0.05) is 23.9 Å². The maximum absolute atomic E-state index is 12.7. The number of hydrogen-bond acceptors (Lipinski definition) is 8. The minimum absolute atomic E-state index is 0.0576. The predicted octanol–water partition coefficient (Wildman–Crippen LogP) is 3.57. The van der Waals surface area contributed by atoms with Crippen molar-refractivity contribution < 1.29 is 19.4 Å². The second-order valence-corrected chi connectivity index (χ2v) is 9.88. The standard InChI is InChI=1S/C27H32N6O4/c1-27(2,35)14-16-37-21-9-6-7-19-22(21)30-26(29-20-8-4-5-15-28-25(20)34)33-24(19)31-23(32-33)17-10-12-18(36-3)13-11-17/h6-7,9-13,20,35H,4-5,8,14-16H2,1-3H3,(H,28,34)(H,29,30)/t20-/m1/s1. The lowest BCUT2D eigenvalue weighted by molar-refractivity contribution is -0.121. The summed E-state index contributed by atoms with van der Waals surface area (Å²) in [4.78, 5) is 22.4. The molecule has 0 aliphatic carbocycles. The number of rotatable bonds is 8. The van der Waals surface area contributed by atoms with Crippen LogP contribution in [0.2, 0.25) is 0 Å². The van der Waals surface area contributed by atoms with Crippen LogP contribution in [0.1, 0.15) is 39.5 Å². The van der Waals surface area contributed by atoms with Gasteiger partial charge in [-0.25, -0.2) is 9.97 Å². The maximum Gasteiger partial charge on any atom is 0.242 e. The molecule has 4 aromatic rings. The lowest BCUT2D eigenvalue weighted by Crippen LogP contribution is -2.38. The van der Waals surface area contributed by atoms with E-state index < -0.39 is 11.6 Å². The van der Waals surface area contributed by atoms with Gasteiger partial charge >= 0.3 is 0 Å². The number of anilines is 1. The average Bonchev–Trinajstić information content (AvgIpc) is 3.23. The summed E-state index contributed by atoms with van der Waals surface area (Å²) in [5.41, 5.74) is 1.19. The summed E-state index contributed by atoms with van der Waals surface area (Å²) in [7, 11) is 1.62. The number of amides is 1. The quantitative estimate of drug-likeness (QED) is 0.333. The van der Waals surface area contributed by atoms with E-state index in [0.29, 0.717) is 54.7 Å². The molecule has 1 atom stereocenters. The molecule has 2 aromatic heterocycles. The molecule has 0 saturated carbocycles. The summed E-state index contributed by atoms with van der Waals surface area (Å²) in [6, 6.07) is 12.8. The van der Waals surface area contributed by atoms with Gasteiger partial charge in [0.05, 0.1) is 19.3 Å². The fraction of sp³-hybridized carbons (Fsp3) is 0.407. The van der Waals surface area contributed by atoms with E-state index in [1.165, 1.54) is 0 Å². The van der Waals surface area contributed by atoms with Crippen LogP contribution in [0.15, 0.2) is 42.5 Å². The molecular formula is C27H32N6O4. The predicted molar refractivity (Wildman–Crippen MR) is 141 cm³/mol. The van der Waals surface area contributed by atoms with E-state index >= 15 is 0 Å². The minimum atomic E-state index is -0.842. The van der Waals surface area contributed by atoms with Crippen molar-refractivity contribution in [1.29, 1.82) is 0 Å². The maximum atomic E-state index is 12.7. The normalized spacial score (nSPS) is 16.4. The van der Waals surface area contributed by atoms with Crippen molar-refractivity contribution in [3.05, 3.63) is 42.5 Å². The van der Waals surface area contributed by atoms with Crippen LogP contribution in [0, 0.1) is 0 Å². The average molecular weight is 505 g/mol. The molecule has 0 spiro atoms. The van der Waals surface area contributed by atoms with Gasteiger partial charge in [0.1, 0.15) is 23.1 Å². The highest BCUT2D eigenvalue weighted by atomic mass is 16.5. The van der Waals surface area contributed by atoms with Crippen LogP contribution < -0.4 is 20.1 Å². The number of carbonyl (C=O) groups is 1. The number of methoxy groups -OCH3 is 1. The first-order valence-electron chi connectivity index (χ1n) is 12.6. The topological polar surface area (TPSA) is 123 Å². The summed E-state index contributed by atoms with van der Waals surface area (Å²) >= 11 is 0. The number of fused-ring (bicyclic) bond motifs is 3. The molecule has 0 unspecified atom stereocenters. The largest absolute Gasteiger partial charge is 0.497 e. The SMILES string of the molecule is COc1ccc(-c2nc3c4cccc(OCCC(C)(C)O)c4nc(N[C@@H]4CCCCNC4=O)n3n2)cc1. The van der Waals surface area contributed by atoms with Crippen molar-refractivity contribution >= 4 is 28.4 Å². The number of carbonyl (C=O) groups excluding carboxylic acids is 1. The summed E-state index contributed by atoms with van der Waals surface area (Å²) in [5.74, 6) is 2.20. The Balaban J connectivity index is 1.61. The van der Waals surface area contributed by atoms with Gasteiger partial charge in [0.2, 0.25) is 11.9 Å². The fourth-order valence-electron chi connectivity index (χ4n) is 4.32. The Morgan fingerprint density at radius 3 is 2.73 bits per heavy atom.